The van der Waals surface area contributed by atoms with Crippen LogP contribution < -0.4 is 21.4 Å². The van der Waals surface area contributed by atoms with Crippen LogP contribution in [0.2, 0.25) is 0 Å². The van der Waals surface area contributed by atoms with Crippen molar-refractivity contribution in [2.75, 3.05) is 32.7 Å². The first kappa shape index (κ1) is 33.2. The summed E-state index contributed by atoms with van der Waals surface area (Å²) in [6, 6.07) is -0.987. The van der Waals surface area contributed by atoms with Crippen molar-refractivity contribution in [1.82, 2.24) is 41.1 Å². The molecule has 10 nitrogen and oxygen atoms in total. The minimum absolute atomic E-state index is 0.0466. The zero-order valence-electron chi connectivity index (χ0n) is 28.6. The molecule has 1 aliphatic carbocycles. The number of urea groups is 1. The molecule has 7 aliphatic rings. The third-order valence-corrected chi connectivity index (χ3v) is 12.8. The average Bonchev–Trinajstić information content (AvgIpc) is 3.53. The molecule has 7 rings (SSSR count). The van der Waals surface area contributed by atoms with Crippen LogP contribution in [0, 0.1) is 29.6 Å². The minimum atomic E-state index is -1.26. The summed E-state index contributed by atoms with van der Waals surface area (Å²) in [5.41, 5.74) is 4.71. The molecule has 4 saturated heterocycles. The molecule has 0 spiro atoms. The number of alkyl halides is 2. The topological polar surface area (TPSA) is 95.2 Å². The molecule has 0 aromatic rings. The molecule has 12 heteroatoms. The fourth-order valence-corrected chi connectivity index (χ4v) is 10.6. The highest BCUT2D eigenvalue weighted by Crippen LogP contribution is 2.46. The van der Waals surface area contributed by atoms with Gasteiger partial charge < -0.3 is 25.4 Å². The summed E-state index contributed by atoms with van der Waals surface area (Å²) < 4.78 is 33.1. The molecule has 0 aromatic carbocycles. The summed E-state index contributed by atoms with van der Waals surface area (Å²) >= 11 is 0. The van der Waals surface area contributed by atoms with Crippen molar-refractivity contribution in [2.24, 2.45) is 29.6 Å². The number of nitrogens with zero attached hydrogens (tertiary/aromatic N) is 4. The van der Waals surface area contributed by atoms with Crippen LogP contribution >= 0.6 is 0 Å². The van der Waals surface area contributed by atoms with E-state index < -0.39 is 36.6 Å². The Bertz CT molecular complexity index is 1240. The molecular formula is C35H56F2N8O2. The lowest BCUT2D eigenvalue weighted by Gasteiger charge is -2.60. The van der Waals surface area contributed by atoms with Gasteiger partial charge in [-0.15, -0.1) is 0 Å². The van der Waals surface area contributed by atoms with Gasteiger partial charge in [0.2, 0.25) is 5.91 Å². The van der Waals surface area contributed by atoms with E-state index in [1.54, 1.807) is 0 Å². The normalized spacial score (nSPS) is 44.3. The molecule has 13 atom stereocenters. The van der Waals surface area contributed by atoms with E-state index in [1.807, 2.05) is 16.7 Å². The van der Waals surface area contributed by atoms with Gasteiger partial charge in [0.25, 0.3) is 0 Å². The summed E-state index contributed by atoms with van der Waals surface area (Å²) in [4.78, 5) is 33.5. The van der Waals surface area contributed by atoms with Crippen LogP contribution in [0.25, 0.3) is 0 Å². The first-order chi connectivity index (χ1) is 22.6. The Morgan fingerprint density at radius 3 is 2.64 bits per heavy atom. The van der Waals surface area contributed by atoms with Crippen molar-refractivity contribution in [2.45, 2.75) is 121 Å². The van der Waals surface area contributed by atoms with Gasteiger partial charge in [-0.1, -0.05) is 20.4 Å². The Morgan fingerprint density at radius 2 is 1.87 bits per heavy atom. The molecule has 262 valence electrons. The Labute approximate surface area is 279 Å². The van der Waals surface area contributed by atoms with Gasteiger partial charge in [-0.2, -0.15) is 0 Å². The summed E-state index contributed by atoms with van der Waals surface area (Å²) in [6.45, 7) is 15.7. The number of rotatable bonds is 3. The van der Waals surface area contributed by atoms with Crippen LogP contribution in [0.1, 0.15) is 66.2 Å². The van der Waals surface area contributed by atoms with Crippen LogP contribution in [-0.4, -0.2) is 119 Å². The number of piperidine rings is 2. The molecule has 47 heavy (non-hydrogen) atoms. The van der Waals surface area contributed by atoms with Crippen LogP contribution in [0.4, 0.5) is 13.6 Å². The molecule has 0 aromatic heterocycles. The Morgan fingerprint density at radius 1 is 1.06 bits per heavy atom. The highest BCUT2D eigenvalue weighted by molar-refractivity contribution is 5.87. The molecule has 4 bridgehead atoms. The quantitative estimate of drug-likeness (QED) is 0.347. The summed E-state index contributed by atoms with van der Waals surface area (Å²) in [5.74, 6) is -0.364. The second-order valence-electron chi connectivity index (χ2n) is 15.9. The van der Waals surface area contributed by atoms with Crippen molar-refractivity contribution in [3.05, 3.63) is 24.4 Å². The van der Waals surface area contributed by atoms with Crippen molar-refractivity contribution in [1.29, 1.82) is 0 Å². The number of hydrazine groups is 1. The number of hydrogen-bond donors (Lipinski definition) is 4. The number of carbonyl (C=O) groups excluding carboxylic acids is 2. The van der Waals surface area contributed by atoms with E-state index in [-0.39, 0.29) is 66.2 Å². The zero-order valence-corrected chi connectivity index (χ0v) is 28.6. The number of fused-ring (bicyclic) bond motifs is 7. The summed E-state index contributed by atoms with van der Waals surface area (Å²) in [7, 11) is 0. The molecule has 1 saturated carbocycles. The third-order valence-electron chi connectivity index (χ3n) is 12.8. The zero-order chi connectivity index (χ0) is 33.1. The van der Waals surface area contributed by atoms with E-state index in [2.05, 4.69) is 64.8 Å². The van der Waals surface area contributed by atoms with E-state index >= 15 is 8.78 Å². The van der Waals surface area contributed by atoms with Crippen LogP contribution in [0.15, 0.2) is 24.4 Å². The van der Waals surface area contributed by atoms with Crippen molar-refractivity contribution in [3.8, 4) is 0 Å². The van der Waals surface area contributed by atoms with Crippen LogP contribution in [0.3, 0.4) is 0 Å². The Hall–Kier alpha value is -2.28. The van der Waals surface area contributed by atoms with Crippen LogP contribution in [0.5, 0.6) is 0 Å². The standard InChI is InChI=1S/C35H56F2N8O2/c1-6-28(46)43-16-21(5)44(17-20(43)4)33-25-14-27(37)31-29-24(8-7-9-26(29)36)23-15-39-42(18-23)13-11-22-10-12-38-30(19(2)3)32(22)45(34(25)40-31)35(47)41-33/h6,18-22,24-27,29-34,38-40H,1,7-17H2,2-5H3,(H,41,47)/t20-,21+,22?,24?,25?,26?,27?,29?,30?,31?,32?,33?,34?/m1/s1. The lowest BCUT2D eigenvalue weighted by Crippen LogP contribution is -2.80. The highest BCUT2D eigenvalue weighted by atomic mass is 19.1. The Balaban J connectivity index is 1.29. The number of nitrogens with one attached hydrogen (secondary N) is 4. The third kappa shape index (κ3) is 5.88. The predicted octanol–water partition coefficient (Wildman–Crippen LogP) is 2.95. The lowest BCUT2D eigenvalue weighted by atomic mass is 9.67. The van der Waals surface area contributed by atoms with Gasteiger partial charge >= 0.3 is 6.03 Å². The van der Waals surface area contributed by atoms with E-state index in [9.17, 15) is 9.59 Å². The van der Waals surface area contributed by atoms with E-state index in [0.717, 1.165) is 38.8 Å². The molecule has 11 unspecified atom stereocenters. The summed E-state index contributed by atoms with van der Waals surface area (Å²) in [5, 5.41) is 13.1. The SMILES string of the molecule is C=CC(=O)N1C[C@H](C)N(C2NC(=O)N3C4NC(C(F)CC42)C2C(F)CCCC2C2=CN(CCC4CCNC(C(C)C)C43)NC2)C[C@H]1C. The van der Waals surface area contributed by atoms with E-state index in [0.29, 0.717) is 26.1 Å². The van der Waals surface area contributed by atoms with Crippen molar-refractivity contribution >= 4 is 11.9 Å². The van der Waals surface area contributed by atoms with Gasteiger partial charge in [0.15, 0.2) is 0 Å². The molecule has 6 aliphatic heterocycles. The number of hydrogen-bond acceptors (Lipinski definition) is 7. The fraction of sp³-hybridized carbons (Fsp3) is 0.829. The first-order valence-electron chi connectivity index (χ1n) is 18.3. The van der Waals surface area contributed by atoms with E-state index in [1.165, 1.54) is 11.6 Å². The van der Waals surface area contributed by atoms with E-state index in [4.69, 9.17) is 0 Å². The number of amides is 3. The first-order valence-corrected chi connectivity index (χ1v) is 18.3. The molecule has 6 heterocycles. The fourth-order valence-electron chi connectivity index (χ4n) is 10.6. The maximum absolute atomic E-state index is 16.9. The van der Waals surface area contributed by atoms with Gasteiger partial charge in [-0.05, 0) is 88.3 Å². The van der Waals surface area contributed by atoms with Crippen LogP contribution in [-0.2, 0) is 4.79 Å². The predicted molar refractivity (Wildman–Crippen MR) is 177 cm³/mol. The molecular weight excluding hydrogens is 602 g/mol. The largest absolute Gasteiger partial charge is 0.334 e. The Kier molecular flexibility index (Phi) is 9.34. The van der Waals surface area contributed by atoms with Gasteiger partial charge in [-0.3, -0.25) is 15.0 Å². The second-order valence-corrected chi connectivity index (χ2v) is 15.9. The van der Waals surface area contributed by atoms with Gasteiger partial charge in [0.1, 0.15) is 12.3 Å². The maximum atomic E-state index is 16.9. The average molecular weight is 659 g/mol. The molecule has 5 fully saturated rings. The number of halogens is 2. The highest BCUT2D eigenvalue weighted by Gasteiger charge is 2.58. The maximum Gasteiger partial charge on any atom is 0.320 e. The van der Waals surface area contributed by atoms with Gasteiger partial charge in [0.05, 0.1) is 18.4 Å². The molecule has 4 N–H and O–H groups in total. The van der Waals surface area contributed by atoms with Gasteiger partial charge in [0, 0.05) is 68.4 Å². The van der Waals surface area contributed by atoms with Gasteiger partial charge in [-0.25, -0.2) is 19.0 Å². The molecule has 0 radical (unpaired) electrons. The van der Waals surface area contributed by atoms with Crippen molar-refractivity contribution < 1.29 is 18.4 Å². The number of piperazine rings is 1. The lowest BCUT2D eigenvalue weighted by molar-refractivity contribution is -0.136. The molecule has 3 amide bonds. The number of carbonyl (C=O) groups is 2. The van der Waals surface area contributed by atoms with Crippen molar-refractivity contribution in [3.63, 3.8) is 0 Å². The monoisotopic (exact) mass is 658 g/mol. The summed E-state index contributed by atoms with van der Waals surface area (Å²) in [6.07, 6.45) is 4.54. The second kappa shape index (κ2) is 13.2. The minimum Gasteiger partial charge on any atom is -0.334 e. The smallest absolute Gasteiger partial charge is 0.320 e.